The van der Waals surface area contributed by atoms with Crippen molar-refractivity contribution < 1.29 is 14.7 Å². The SMILES string of the molecule is CC(C)NC(=O)CCCC(=O)N[C@H]1c2ccccc2C[C@H]1O. The van der Waals surface area contributed by atoms with Crippen LogP contribution in [0.4, 0.5) is 0 Å². The lowest BCUT2D eigenvalue weighted by Crippen LogP contribution is -2.34. The molecule has 1 aromatic rings. The van der Waals surface area contributed by atoms with Gasteiger partial charge in [-0.3, -0.25) is 9.59 Å². The van der Waals surface area contributed by atoms with E-state index in [4.69, 9.17) is 0 Å². The highest BCUT2D eigenvalue weighted by molar-refractivity contribution is 5.79. The molecule has 1 aromatic carbocycles. The van der Waals surface area contributed by atoms with Gasteiger partial charge >= 0.3 is 0 Å². The fourth-order valence-corrected chi connectivity index (χ4v) is 2.80. The van der Waals surface area contributed by atoms with E-state index in [9.17, 15) is 14.7 Å². The molecule has 1 aliphatic carbocycles. The van der Waals surface area contributed by atoms with Gasteiger partial charge in [-0.25, -0.2) is 0 Å². The van der Waals surface area contributed by atoms with Crippen LogP contribution in [0.25, 0.3) is 0 Å². The summed E-state index contributed by atoms with van der Waals surface area (Å²) in [5.41, 5.74) is 2.07. The predicted octanol–water partition coefficient (Wildman–Crippen LogP) is 1.46. The molecule has 120 valence electrons. The zero-order valence-electron chi connectivity index (χ0n) is 13.1. The molecule has 0 radical (unpaired) electrons. The molecule has 0 heterocycles. The van der Waals surface area contributed by atoms with E-state index >= 15 is 0 Å². The third kappa shape index (κ3) is 4.31. The normalized spacial score (nSPS) is 19.8. The van der Waals surface area contributed by atoms with Crippen molar-refractivity contribution in [2.24, 2.45) is 0 Å². The molecule has 0 unspecified atom stereocenters. The molecule has 22 heavy (non-hydrogen) atoms. The molecule has 0 spiro atoms. The van der Waals surface area contributed by atoms with Crippen LogP contribution >= 0.6 is 0 Å². The maximum atomic E-state index is 12.0. The first-order valence-corrected chi connectivity index (χ1v) is 7.82. The van der Waals surface area contributed by atoms with Crippen LogP contribution in [0.5, 0.6) is 0 Å². The van der Waals surface area contributed by atoms with Gasteiger partial charge in [0.2, 0.25) is 11.8 Å². The zero-order chi connectivity index (χ0) is 16.1. The van der Waals surface area contributed by atoms with Crippen LogP contribution in [0.2, 0.25) is 0 Å². The Morgan fingerprint density at radius 3 is 2.64 bits per heavy atom. The smallest absolute Gasteiger partial charge is 0.220 e. The van der Waals surface area contributed by atoms with E-state index in [0.29, 0.717) is 19.3 Å². The quantitative estimate of drug-likeness (QED) is 0.744. The number of rotatable bonds is 6. The minimum absolute atomic E-state index is 0.0333. The lowest BCUT2D eigenvalue weighted by molar-refractivity contribution is -0.123. The largest absolute Gasteiger partial charge is 0.390 e. The van der Waals surface area contributed by atoms with E-state index in [2.05, 4.69) is 10.6 Å². The fourth-order valence-electron chi connectivity index (χ4n) is 2.80. The molecule has 2 rings (SSSR count). The molecule has 0 saturated carbocycles. The van der Waals surface area contributed by atoms with Gasteiger partial charge in [0.05, 0.1) is 12.1 Å². The Bertz CT molecular complexity index is 542. The predicted molar refractivity (Wildman–Crippen MR) is 84.2 cm³/mol. The average molecular weight is 304 g/mol. The molecule has 3 N–H and O–H groups in total. The summed E-state index contributed by atoms with van der Waals surface area (Å²) in [5.74, 6) is -0.160. The second-order valence-corrected chi connectivity index (χ2v) is 6.09. The van der Waals surface area contributed by atoms with Crippen molar-refractivity contribution in [3.05, 3.63) is 35.4 Å². The minimum atomic E-state index is -0.578. The van der Waals surface area contributed by atoms with Gasteiger partial charge in [0, 0.05) is 25.3 Å². The van der Waals surface area contributed by atoms with Gasteiger partial charge in [-0.05, 0) is 31.4 Å². The molecule has 5 heteroatoms. The fraction of sp³-hybridized carbons (Fsp3) is 0.529. The minimum Gasteiger partial charge on any atom is -0.390 e. The molecule has 1 aliphatic rings. The average Bonchev–Trinajstić information content (AvgIpc) is 2.74. The third-order valence-corrected chi connectivity index (χ3v) is 3.78. The summed E-state index contributed by atoms with van der Waals surface area (Å²) >= 11 is 0. The van der Waals surface area contributed by atoms with Crippen LogP contribution in [0.1, 0.15) is 50.3 Å². The topological polar surface area (TPSA) is 78.4 Å². The van der Waals surface area contributed by atoms with Crippen molar-refractivity contribution in [2.75, 3.05) is 0 Å². The molecule has 5 nitrogen and oxygen atoms in total. The van der Waals surface area contributed by atoms with Crippen molar-refractivity contribution in [2.45, 2.75) is 57.7 Å². The first-order valence-electron chi connectivity index (χ1n) is 7.82. The van der Waals surface area contributed by atoms with Crippen LogP contribution in [-0.4, -0.2) is 29.1 Å². The highest BCUT2D eigenvalue weighted by Crippen LogP contribution is 2.31. The molecular weight excluding hydrogens is 280 g/mol. The molecule has 0 saturated heterocycles. The van der Waals surface area contributed by atoms with Crippen molar-refractivity contribution in [3.63, 3.8) is 0 Å². The van der Waals surface area contributed by atoms with Crippen LogP contribution < -0.4 is 10.6 Å². The summed E-state index contributed by atoms with van der Waals surface area (Å²) in [6.07, 6.45) is 1.13. The number of nitrogens with one attached hydrogen (secondary N) is 2. The van der Waals surface area contributed by atoms with E-state index in [0.717, 1.165) is 11.1 Å². The summed E-state index contributed by atoms with van der Waals surface area (Å²) in [6, 6.07) is 7.53. The second kappa shape index (κ2) is 7.40. The van der Waals surface area contributed by atoms with E-state index in [1.54, 1.807) is 0 Å². The highest BCUT2D eigenvalue weighted by atomic mass is 16.3. The molecule has 0 aromatic heterocycles. The van der Waals surface area contributed by atoms with Gasteiger partial charge in [0.15, 0.2) is 0 Å². The number of fused-ring (bicyclic) bond motifs is 1. The van der Waals surface area contributed by atoms with Crippen molar-refractivity contribution in [3.8, 4) is 0 Å². The molecule has 2 amide bonds. The Morgan fingerprint density at radius 1 is 1.23 bits per heavy atom. The monoisotopic (exact) mass is 304 g/mol. The number of benzene rings is 1. The van der Waals surface area contributed by atoms with Gasteiger partial charge in [-0.2, -0.15) is 0 Å². The summed E-state index contributed by atoms with van der Waals surface area (Å²) in [7, 11) is 0. The highest BCUT2D eigenvalue weighted by Gasteiger charge is 2.31. The number of hydrogen-bond donors (Lipinski definition) is 3. The van der Waals surface area contributed by atoms with Crippen molar-refractivity contribution >= 4 is 11.8 Å². The van der Waals surface area contributed by atoms with E-state index in [-0.39, 0.29) is 30.3 Å². The van der Waals surface area contributed by atoms with Crippen LogP contribution in [0.15, 0.2) is 24.3 Å². The lowest BCUT2D eigenvalue weighted by Gasteiger charge is -2.18. The number of carbonyl (C=O) groups excluding carboxylic acids is 2. The molecule has 0 bridgehead atoms. The lowest BCUT2D eigenvalue weighted by atomic mass is 10.1. The van der Waals surface area contributed by atoms with Crippen LogP contribution in [-0.2, 0) is 16.0 Å². The van der Waals surface area contributed by atoms with Gasteiger partial charge < -0.3 is 15.7 Å². The molecule has 0 aliphatic heterocycles. The van der Waals surface area contributed by atoms with Gasteiger partial charge in [0.25, 0.3) is 0 Å². The maximum absolute atomic E-state index is 12.0. The standard InChI is InChI=1S/C17H24N2O3/c1-11(2)18-15(21)8-5-9-16(22)19-17-13-7-4-3-6-12(13)10-14(17)20/h3-4,6-7,11,14,17,20H,5,8-10H2,1-2H3,(H,18,21)(H,19,22)/t14-,17+/m1/s1. The molecular formula is C17H24N2O3. The number of carbonyl (C=O) groups is 2. The number of aliphatic hydroxyl groups excluding tert-OH is 1. The number of aliphatic hydroxyl groups is 1. The Labute approximate surface area is 131 Å². The first-order chi connectivity index (χ1) is 10.5. The Morgan fingerprint density at radius 2 is 1.91 bits per heavy atom. The van der Waals surface area contributed by atoms with Crippen LogP contribution in [0.3, 0.4) is 0 Å². The van der Waals surface area contributed by atoms with Crippen molar-refractivity contribution in [1.29, 1.82) is 0 Å². The number of amides is 2. The van der Waals surface area contributed by atoms with E-state index in [1.807, 2.05) is 38.1 Å². The van der Waals surface area contributed by atoms with Gasteiger partial charge in [-0.1, -0.05) is 24.3 Å². The van der Waals surface area contributed by atoms with Crippen LogP contribution in [0, 0.1) is 0 Å². The Balaban J connectivity index is 1.79. The Kier molecular flexibility index (Phi) is 5.55. The summed E-state index contributed by atoms with van der Waals surface area (Å²) in [6.45, 7) is 3.81. The zero-order valence-corrected chi connectivity index (χ0v) is 13.1. The van der Waals surface area contributed by atoms with Gasteiger partial charge in [-0.15, -0.1) is 0 Å². The molecule has 0 fully saturated rings. The number of hydrogen-bond acceptors (Lipinski definition) is 3. The van der Waals surface area contributed by atoms with Crippen molar-refractivity contribution in [1.82, 2.24) is 10.6 Å². The summed E-state index contributed by atoms with van der Waals surface area (Å²) < 4.78 is 0. The van der Waals surface area contributed by atoms with E-state index < -0.39 is 6.10 Å². The van der Waals surface area contributed by atoms with Gasteiger partial charge in [0.1, 0.15) is 0 Å². The molecule has 2 atom stereocenters. The summed E-state index contributed by atoms with van der Waals surface area (Å²) in [5, 5.41) is 15.8. The first kappa shape index (κ1) is 16.5. The Hall–Kier alpha value is -1.88. The summed E-state index contributed by atoms with van der Waals surface area (Å²) in [4.78, 5) is 23.5. The van der Waals surface area contributed by atoms with E-state index in [1.165, 1.54) is 0 Å². The third-order valence-electron chi connectivity index (χ3n) is 3.78. The second-order valence-electron chi connectivity index (χ2n) is 6.09. The maximum Gasteiger partial charge on any atom is 0.220 e.